The van der Waals surface area contributed by atoms with Gasteiger partial charge in [-0.05, 0) is 0 Å². The first-order chi connectivity index (χ1) is 2.77. The Bertz CT molecular complexity index is 71.9. The van der Waals surface area contributed by atoms with Gasteiger partial charge in [-0.1, -0.05) is 0 Å². The zero-order valence-electron chi connectivity index (χ0n) is 3.14. The van der Waals surface area contributed by atoms with Gasteiger partial charge in [0.1, 0.15) is 0 Å². The molecule has 0 bridgehead atoms. The minimum atomic E-state index is -0.954. The van der Waals surface area contributed by atoms with Gasteiger partial charge in [0.2, 0.25) is 0 Å². The molecule has 32 valence electrons. The van der Waals surface area contributed by atoms with E-state index in [9.17, 15) is 4.79 Å². The Hall–Kier alpha value is -0.665. The Kier molecular flexibility index (Phi) is 2.28. The number of hydrogen-bond acceptors (Lipinski definition) is 2. The van der Waals surface area contributed by atoms with E-state index in [0.717, 1.165) is 7.07 Å². The van der Waals surface area contributed by atoms with Crippen LogP contribution < -0.4 is 0 Å². The third-order valence-corrected chi connectivity index (χ3v) is 0.277. The second-order valence-corrected chi connectivity index (χ2v) is 0.802. The molecule has 0 saturated heterocycles. The molecule has 0 atom stereocenters. The molecule has 0 aliphatic heterocycles. The van der Waals surface area contributed by atoms with Gasteiger partial charge >= 0.3 is 34.6 Å². The Morgan fingerprint density at radius 1 is 2.00 bits per heavy atom. The molecule has 0 aliphatic rings. The second-order valence-electron chi connectivity index (χ2n) is 0.802. The number of hydrogen-bond donors (Lipinski definition) is 2. The van der Waals surface area contributed by atoms with Gasteiger partial charge in [-0.15, -0.1) is 0 Å². The maximum atomic E-state index is 9.45. The monoisotopic (exact) mass is 85.0 g/mol. The van der Waals surface area contributed by atoms with Crippen molar-refractivity contribution in [3.8, 4) is 0 Å². The molecule has 0 aromatic carbocycles. The second kappa shape index (κ2) is 2.57. The average Bonchev–Trinajstić information content (AvgIpc) is 1.35. The SMILES string of the molecule is N=BCC(=O)O. The Labute approximate surface area is 35.7 Å². The Morgan fingerprint density at radius 2 is 2.50 bits per heavy atom. The van der Waals surface area contributed by atoms with Crippen molar-refractivity contribution in [1.29, 1.82) is 5.31 Å². The number of carbonyl (C=O) groups is 1. The summed E-state index contributed by atoms with van der Waals surface area (Å²) in [5.41, 5.74) is 0. The Balaban J connectivity index is 3.05. The molecule has 0 rings (SSSR count). The summed E-state index contributed by atoms with van der Waals surface area (Å²) >= 11 is 0. The van der Waals surface area contributed by atoms with E-state index in [0.29, 0.717) is 0 Å². The molecular formula is C2H4BNO2. The molecule has 0 fully saturated rings. The molecule has 4 heteroatoms. The van der Waals surface area contributed by atoms with Crippen LogP contribution in [0, 0.1) is 5.31 Å². The van der Waals surface area contributed by atoms with E-state index >= 15 is 0 Å². The van der Waals surface area contributed by atoms with Gasteiger partial charge in [0, 0.05) is 0 Å². The number of aliphatic carboxylic acids is 1. The van der Waals surface area contributed by atoms with Crippen LogP contribution in [0.4, 0.5) is 0 Å². The molecule has 0 spiro atoms. The molecule has 0 aromatic rings. The van der Waals surface area contributed by atoms with E-state index in [1.54, 1.807) is 0 Å². The molecule has 3 nitrogen and oxygen atoms in total. The van der Waals surface area contributed by atoms with Gasteiger partial charge in [0.15, 0.2) is 0 Å². The molecule has 0 aromatic heterocycles. The average molecular weight is 84.9 g/mol. The molecule has 0 radical (unpaired) electrons. The van der Waals surface area contributed by atoms with Crippen LogP contribution in [0.5, 0.6) is 0 Å². The first kappa shape index (κ1) is 5.33. The van der Waals surface area contributed by atoms with E-state index < -0.39 is 5.97 Å². The van der Waals surface area contributed by atoms with Crippen LogP contribution in [-0.2, 0) is 4.79 Å². The maximum absolute atomic E-state index is 9.45. The van der Waals surface area contributed by atoms with Gasteiger partial charge in [-0.3, -0.25) is 0 Å². The van der Waals surface area contributed by atoms with Gasteiger partial charge in [0.25, 0.3) is 0 Å². The van der Waals surface area contributed by atoms with E-state index in [1.807, 2.05) is 0 Å². The van der Waals surface area contributed by atoms with Gasteiger partial charge in [0.05, 0.1) is 0 Å². The molecule has 0 heterocycles. The molecular weight excluding hydrogens is 80.8 g/mol. The first-order valence-electron chi connectivity index (χ1n) is 1.48. The standard InChI is InChI=1S/C2H4BNO2/c4-3-1-2(5)6/h4H,1H2,(H,5,6). The van der Waals surface area contributed by atoms with Crippen molar-refractivity contribution in [3.05, 3.63) is 0 Å². The molecule has 0 aliphatic carbocycles. The van der Waals surface area contributed by atoms with Crippen molar-refractivity contribution < 1.29 is 9.90 Å². The zero-order valence-corrected chi connectivity index (χ0v) is 3.14. The minimum absolute atomic E-state index is 0.167. The molecule has 6 heavy (non-hydrogen) atoms. The summed E-state index contributed by atoms with van der Waals surface area (Å²) in [7, 11) is 0.850. The van der Waals surface area contributed by atoms with E-state index in [1.165, 1.54) is 0 Å². The van der Waals surface area contributed by atoms with Gasteiger partial charge in [-0.25, -0.2) is 0 Å². The van der Waals surface area contributed by atoms with Crippen LogP contribution in [0.3, 0.4) is 0 Å². The van der Waals surface area contributed by atoms with E-state index in [-0.39, 0.29) is 6.32 Å². The van der Waals surface area contributed by atoms with E-state index in [2.05, 4.69) is 0 Å². The summed E-state index contributed by atoms with van der Waals surface area (Å²) in [5, 5.41) is 14.0. The fraction of sp³-hybridized carbons (Fsp3) is 0.500. The van der Waals surface area contributed by atoms with Crippen LogP contribution in [0.25, 0.3) is 0 Å². The van der Waals surface area contributed by atoms with Gasteiger partial charge in [-0.2, -0.15) is 0 Å². The number of rotatable bonds is 2. The first-order valence-corrected chi connectivity index (χ1v) is 1.48. The van der Waals surface area contributed by atoms with Gasteiger partial charge < -0.3 is 0 Å². The van der Waals surface area contributed by atoms with Crippen molar-refractivity contribution in [1.82, 2.24) is 0 Å². The summed E-state index contributed by atoms with van der Waals surface area (Å²) in [4.78, 5) is 9.45. The number of carboxylic acid groups (broad SMARTS) is 1. The number of nitrogens with one attached hydrogen (secondary N) is 1. The van der Waals surface area contributed by atoms with Crippen LogP contribution in [0.1, 0.15) is 0 Å². The predicted molar refractivity (Wildman–Crippen MR) is 20.9 cm³/mol. The van der Waals surface area contributed by atoms with E-state index in [4.69, 9.17) is 10.4 Å². The zero-order chi connectivity index (χ0) is 4.99. The quantitative estimate of drug-likeness (QED) is 0.462. The third-order valence-electron chi connectivity index (χ3n) is 0.277. The predicted octanol–water partition coefficient (Wildman–Crippen LogP) is -0.0441. The fourth-order valence-electron chi connectivity index (χ4n) is 0.0873. The molecule has 0 saturated carbocycles. The number of carboxylic acids is 1. The van der Waals surface area contributed by atoms with Crippen LogP contribution in [0.2, 0.25) is 6.32 Å². The van der Waals surface area contributed by atoms with Crippen LogP contribution in [0.15, 0.2) is 0 Å². The molecule has 0 unspecified atom stereocenters. The summed E-state index contributed by atoms with van der Waals surface area (Å²) < 4.78 is 0. The summed E-state index contributed by atoms with van der Waals surface area (Å²) in [5.74, 6) is -0.954. The molecule has 0 amide bonds. The summed E-state index contributed by atoms with van der Waals surface area (Å²) in [6, 6.07) is 0. The van der Waals surface area contributed by atoms with Crippen molar-refractivity contribution in [3.63, 3.8) is 0 Å². The van der Waals surface area contributed by atoms with Crippen molar-refractivity contribution in [2.75, 3.05) is 0 Å². The van der Waals surface area contributed by atoms with Crippen LogP contribution >= 0.6 is 0 Å². The van der Waals surface area contributed by atoms with Crippen molar-refractivity contribution >= 4 is 13.0 Å². The Morgan fingerprint density at radius 3 is 2.50 bits per heavy atom. The topological polar surface area (TPSA) is 61.2 Å². The summed E-state index contributed by atoms with van der Waals surface area (Å²) in [6.07, 6.45) is -0.167. The normalized spacial score (nSPS) is 6.67. The molecule has 2 N–H and O–H groups in total. The third kappa shape index (κ3) is 3.33. The summed E-state index contributed by atoms with van der Waals surface area (Å²) in [6.45, 7) is 0. The van der Waals surface area contributed by atoms with Crippen molar-refractivity contribution in [2.45, 2.75) is 6.32 Å². The van der Waals surface area contributed by atoms with Crippen molar-refractivity contribution in [2.24, 2.45) is 0 Å². The fourth-order valence-corrected chi connectivity index (χ4v) is 0.0873. The van der Waals surface area contributed by atoms with Crippen LogP contribution in [-0.4, -0.2) is 18.1 Å².